The molecule has 0 unspecified atom stereocenters. The minimum absolute atomic E-state index is 0.507. The lowest BCUT2D eigenvalue weighted by Gasteiger charge is -2.06. The number of nitrogens with two attached hydrogens (primary N) is 1. The van der Waals surface area contributed by atoms with Gasteiger partial charge in [0, 0.05) is 11.6 Å². The molecule has 4 rings (SSSR count). The van der Waals surface area contributed by atoms with E-state index in [2.05, 4.69) is 16.1 Å². The largest absolute Gasteiger partial charge is 0.497 e. The van der Waals surface area contributed by atoms with Crippen molar-refractivity contribution in [3.8, 4) is 11.4 Å². The predicted octanol–water partition coefficient (Wildman–Crippen LogP) is 3.16. The van der Waals surface area contributed by atoms with Gasteiger partial charge in [0.25, 0.3) is 0 Å². The molecule has 0 atom stereocenters. The molecule has 5 heteroatoms. The maximum atomic E-state index is 5.99. The smallest absolute Gasteiger partial charge is 0.153 e. The summed E-state index contributed by atoms with van der Waals surface area (Å²) in [7, 11) is 1.67. The van der Waals surface area contributed by atoms with E-state index in [1.165, 1.54) is 0 Å². The van der Waals surface area contributed by atoms with Gasteiger partial charge in [-0.15, -0.1) is 5.10 Å². The monoisotopic (exact) mass is 290 g/mol. The first kappa shape index (κ1) is 12.6. The lowest BCUT2D eigenvalue weighted by atomic mass is 10.1. The van der Waals surface area contributed by atoms with Crippen LogP contribution >= 0.6 is 0 Å². The Morgan fingerprint density at radius 2 is 1.86 bits per heavy atom. The summed E-state index contributed by atoms with van der Waals surface area (Å²) >= 11 is 0. The number of fused-ring (bicyclic) bond motifs is 2. The second-order valence-electron chi connectivity index (χ2n) is 5.09. The van der Waals surface area contributed by atoms with Crippen LogP contribution in [0.5, 0.6) is 5.75 Å². The van der Waals surface area contributed by atoms with Gasteiger partial charge in [-0.05, 0) is 41.1 Å². The number of pyridine rings is 1. The summed E-state index contributed by atoms with van der Waals surface area (Å²) in [5.74, 6) is 1.35. The Bertz CT molecular complexity index is 990. The molecule has 0 saturated heterocycles. The molecule has 0 bridgehead atoms. The zero-order valence-electron chi connectivity index (χ0n) is 12.0. The molecule has 5 nitrogen and oxygen atoms in total. The summed E-state index contributed by atoms with van der Waals surface area (Å²) in [6, 6.07) is 14.0. The van der Waals surface area contributed by atoms with E-state index < -0.39 is 0 Å². The fourth-order valence-corrected chi connectivity index (χ4v) is 2.65. The minimum atomic E-state index is 0.507. The van der Waals surface area contributed by atoms with Crippen molar-refractivity contribution >= 4 is 27.5 Å². The SMILES string of the molecule is COc1ccc2cc(-n3nc(N)c4ccncc43)ccc2c1. The number of aromatic nitrogens is 3. The van der Waals surface area contributed by atoms with E-state index in [1.807, 2.05) is 41.1 Å². The van der Waals surface area contributed by atoms with E-state index in [1.54, 1.807) is 19.5 Å². The number of ether oxygens (including phenoxy) is 1. The first-order valence-electron chi connectivity index (χ1n) is 6.93. The van der Waals surface area contributed by atoms with Gasteiger partial charge in [-0.1, -0.05) is 12.1 Å². The van der Waals surface area contributed by atoms with Crippen molar-refractivity contribution in [1.82, 2.24) is 14.8 Å². The Labute approximate surface area is 126 Å². The lowest BCUT2D eigenvalue weighted by Crippen LogP contribution is -1.97. The number of hydrogen-bond acceptors (Lipinski definition) is 4. The Morgan fingerprint density at radius 3 is 2.73 bits per heavy atom. The molecule has 0 aliphatic heterocycles. The van der Waals surface area contributed by atoms with Crippen LogP contribution in [0.25, 0.3) is 27.4 Å². The fourth-order valence-electron chi connectivity index (χ4n) is 2.65. The average molecular weight is 290 g/mol. The van der Waals surface area contributed by atoms with Crippen LogP contribution in [0.3, 0.4) is 0 Å². The zero-order chi connectivity index (χ0) is 15.1. The third-order valence-corrected chi connectivity index (χ3v) is 3.79. The highest BCUT2D eigenvalue weighted by molar-refractivity contribution is 5.91. The number of hydrogen-bond donors (Lipinski definition) is 1. The quantitative estimate of drug-likeness (QED) is 0.616. The molecule has 4 aromatic rings. The number of anilines is 1. The van der Waals surface area contributed by atoms with Gasteiger partial charge in [0.2, 0.25) is 0 Å². The maximum Gasteiger partial charge on any atom is 0.153 e. The van der Waals surface area contributed by atoms with E-state index in [4.69, 9.17) is 10.5 Å². The van der Waals surface area contributed by atoms with Gasteiger partial charge in [-0.25, -0.2) is 4.68 Å². The van der Waals surface area contributed by atoms with Crippen molar-refractivity contribution in [2.45, 2.75) is 0 Å². The predicted molar refractivity (Wildman–Crippen MR) is 87.3 cm³/mol. The van der Waals surface area contributed by atoms with Gasteiger partial charge in [0.15, 0.2) is 5.82 Å². The van der Waals surface area contributed by atoms with Gasteiger partial charge in [0.05, 0.1) is 24.5 Å². The Balaban J connectivity index is 1.93. The number of nitrogens with zero attached hydrogens (tertiary/aromatic N) is 3. The second-order valence-corrected chi connectivity index (χ2v) is 5.09. The highest BCUT2D eigenvalue weighted by atomic mass is 16.5. The van der Waals surface area contributed by atoms with Gasteiger partial charge in [-0.2, -0.15) is 0 Å². The lowest BCUT2D eigenvalue weighted by molar-refractivity contribution is 0.415. The Kier molecular flexibility index (Phi) is 2.72. The van der Waals surface area contributed by atoms with Crippen LogP contribution < -0.4 is 10.5 Å². The van der Waals surface area contributed by atoms with Crippen LogP contribution in [0.2, 0.25) is 0 Å². The van der Waals surface area contributed by atoms with E-state index in [-0.39, 0.29) is 0 Å². The van der Waals surface area contributed by atoms with Gasteiger partial charge in [-0.3, -0.25) is 4.98 Å². The van der Waals surface area contributed by atoms with Gasteiger partial charge < -0.3 is 10.5 Å². The molecular formula is C17H14N4O. The molecule has 2 aromatic carbocycles. The molecule has 2 N–H and O–H groups in total. The number of rotatable bonds is 2. The molecule has 0 amide bonds. The summed E-state index contributed by atoms with van der Waals surface area (Å²) in [6.07, 6.45) is 3.49. The molecule has 0 aliphatic rings. The van der Waals surface area contributed by atoms with Crippen LogP contribution in [0.4, 0.5) is 5.82 Å². The zero-order valence-corrected chi connectivity index (χ0v) is 12.0. The summed E-state index contributed by atoms with van der Waals surface area (Å²) in [5.41, 5.74) is 7.84. The normalized spacial score (nSPS) is 11.1. The molecule has 22 heavy (non-hydrogen) atoms. The molecule has 2 aromatic heterocycles. The minimum Gasteiger partial charge on any atom is -0.497 e. The Hall–Kier alpha value is -3.08. The van der Waals surface area contributed by atoms with Crippen LogP contribution in [-0.2, 0) is 0 Å². The van der Waals surface area contributed by atoms with Crippen molar-refractivity contribution in [2.24, 2.45) is 0 Å². The van der Waals surface area contributed by atoms with Gasteiger partial charge in [0.1, 0.15) is 5.75 Å². The van der Waals surface area contributed by atoms with E-state index in [0.717, 1.165) is 33.1 Å². The second kappa shape index (κ2) is 4.73. The number of methoxy groups -OCH3 is 1. The summed E-state index contributed by atoms with van der Waals surface area (Å²) in [4.78, 5) is 4.16. The summed E-state index contributed by atoms with van der Waals surface area (Å²) < 4.78 is 7.08. The highest BCUT2D eigenvalue weighted by Gasteiger charge is 2.10. The van der Waals surface area contributed by atoms with Crippen LogP contribution in [0, 0.1) is 0 Å². The standard InChI is InChI=1S/C17H14N4O/c1-22-14-5-3-11-8-13(4-2-12(11)9-14)21-16-10-19-7-6-15(16)17(18)20-21/h2-10H,1H3,(H2,18,20). The summed E-state index contributed by atoms with van der Waals surface area (Å²) in [5, 5.41) is 7.57. The molecular weight excluding hydrogens is 276 g/mol. The van der Waals surface area contributed by atoms with Gasteiger partial charge >= 0.3 is 0 Å². The number of nitrogen functional groups attached to an aromatic ring is 1. The third kappa shape index (κ3) is 1.87. The average Bonchev–Trinajstić information content (AvgIpc) is 2.91. The van der Waals surface area contributed by atoms with Crippen molar-refractivity contribution in [3.05, 3.63) is 54.9 Å². The molecule has 0 spiro atoms. The van der Waals surface area contributed by atoms with Crippen molar-refractivity contribution in [2.75, 3.05) is 12.8 Å². The first-order chi connectivity index (χ1) is 10.8. The maximum absolute atomic E-state index is 5.99. The molecule has 2 heterocycles. The molecule has 0 saturated carbocycles. The van der Waals surface area contributed by atoms with Crippen molar-refractivity contribution in [1.29, 1.82) is 0 Å². The van der Waals surface area contributed by atoms with E-state index in [0.29, 0.717) is 5.82 Å². The van der Waals surface area contributed by atoms with Crippen LogP contribution in [0.15, 0.2) is 54.9 Å². The molecule has 0 radical (unpaired) electrons. The molecule has 108 valence electrons. The summed E-state index contributed by atoms with van der Waals surface area (Å²) in [6.45, 7) is 0. The van der Waals surface area contributed by atoms with Crippen LogP contribution in [-0.4, -0.2) is 21.9 Å². The van der Waals surface area contributed by atoms with E-state index >= 15 is 0 Å². The topological polar surface area (TPSA) is 66.0 Å². The Morgan fingerprint density at radius 1 is 1.05 bits per heavy atom. The highest BCUT2D eigenvalue weighted by Crippen LogP contribution is 2.26. The number of benzene rings is 2. The third-order valence-electron chi connectivity index (χ3n) is 3.79. The van der Waals surface area contributed by atoms with Crippen molar-refractivity contribution in [3.63, 3.8) is 0 Å². The fraction of sp³-hybridized carbons (Fsp3) is 0.0588. The molecule has 0 fully saturated rings. The van der Waals surface area contributed by atoms with E-state index in [9.17, 15) is 0 Å². The van der Waals surface area contributed by atoms with Crippen molar-refractivity contribution < 1.29 is 4.74 Å². The first-order valence-corrected chi connectivity index (χ1v) is 6.93. The van der Waals surface area contributed by atoms with Crippen LogP contribution in [0.1, 0.15) is 0 Å². The molecule has 0 aliphatic carbocycles.